The standard InChI is InChI=1S/C22H28FN3O2/c1-6-21(27)26(15(2)3)14-17-13-19(10-11-20(17)25(4)5)24-22(28)16-8-7-9-18(23)12-16/h7-13,15H,6,14H2,1-5H3,(H,24,28). The van der Waals surface area contributed by atoms with E-state index in [-0.39, 0.29) is 23.4 Å². The SMILES string of the molecule is CCC(=O)N(Cc1cc(NC(=O)c2cccc(F)c2)ccc1N(C)C)C(C)C. The largest absolute Gasteiger partial charge is 0.377 e. The van der Waals surface area contributed by atoms with Crippen LogP contribution in [0.15, 0.2) is 42.5 Å². The lowest BCUT2D eigenvalue weighted by atomic mass is 10.1. The van der Waals surface area contributed by atoms with Crippen molar-refractivity contribution >= 4 is 23.2 Å². The van der Waals surface area contributed by atoms with Crippen LogP contribution >= 0.6 is 0 Å². The summed E-state index contributed by atoms with van der Waals surface area (Å²) in [6, 6.07) is 11.2. The van der Waals surface area contributed by atoms with E-state index in [1.54, 1.807) is 12.1 Å². The Morgan fingerprint density at radius 2 is 1.82 bits per heavy atom. The molecule has 2 aromatic carbocycles. The Labute approximate surface area is 166 Å². The fourth-order valence-corrected chi connectivity index (χ4v) is 3.00. The van der Waals surface area contributed by atoms with E-state index in [1.165, 1.54) is 18.2 Å². The van der Waals surface area contributed by atoms with E-state index in [9.17, 15) is 14.0 Å². The summed E-state index contributed by atoms with van der Waals surface area (Å²) in [5.74, 6) is -0.760. The van der Waals surface area contributed by atoms with Crippen LogP contribution in [0.2, 0.25) is 0 Å². The summed E-state index contributed by atoms with van der Waals surface area (Å²) in [5.41, 5.74) is 2.75. The monoisotopic (exact) mass is 385 g/mol. The minimum absolute atomic E-state index is 0.0630. The van der Waals surface area contributed by atoms with E-state index in [1.807, 2.05) is 56.8 Å². The van der Waals surface area contributed by atoms with Gasteiger partial charge in [-0.05, 0) is 55.8 Å². The van der Waals surface area contributed by atoms with Gasteiger partial charge in [0.2, 0.25) is 5.91 Å². The maximum absolute atomic E-state index is 13.4. The molecule has 5 nitrogen and oxygen atoms in total. The first-order valence-corrected chi connectivity index (χ1v) is 9.39. The van der Waals surface area contributed by atoms with Gasteiger partial charge < -0.3 is 15.1 Å². The third-order valence-corrected chi connectivity index (χ3v) is 4.49. The highest BCUT2D eigenvalue weighted by atomic mass is 19.1. The van der Waals surface area contributed by atoms with Crippen molar-refractivity contribution in [1.82, 2.24) is 4.90 Å². The molecular weight excluding hydrogens is 357 g/mol. The minimum atomic E-state index is -0.457. The summed E-state index contributed by atoms with van der Waals surface area (Å²) in [5, 5.41) is 2.81. The number of hydrogen-bond acceptors (Lipinski definition) is 3. The van der Waals surface area contributed by atoms with E-state index < -0.39 is 5.82 Å². The second-order valence-corrected chi connectivity index (χ2v) is 7.17. The second kappa shape index (κ2) is 9.35. The summed E-state index contributed by atoms with van der Waals surface area (Å²) in [6.45, 7) is 6.26. The molecular formula is C22H28FN3O2. The molecule has 0 heterocycles. The summed E-state index contributed by atoms with van der Waals surface area (Å²) in [4.78, 5) is 28.5. The molecule has 2 rings (SSSR count). The molecule has 2 amide bonds. The lowest BCUT2D eigenvalue weighted by molar-refractivity contribution is -0.133. The molecule has 28 heavy (non-hydrogen) atoms. The molecule has 1 N–H and O–H groups in total. The molecule has 150 valence electrons. The Morgan fingerprint density at radius 1 is 1.11 bits per heavy atom. The van der Waals surface area contributed by atoms with Gasteiger partial charge in [0.1, 0.15) is 5.82 Å². The number of hydrogen-bond donors (Lipinski definition) is 1. The highest BCUT2D eigenvalue weighted by Crippen LogP contribution is 2.26. The Balaban J connectivity index is 2.31. The first-order valence-electron chi connectivity index (χ1n) is 9.39. The van der Waals surface area contributed by atoms with Gasteiger partial charge >= 0.3 is 0 Å². The number of halogens is 1. The van der Waals surface area contributed by atoms with Gasteiger partial charge in [0, 0.05) is 50.0 Å². The predicted octanol–water partition coefficient (Wildman–Crippen LogP) is 4.29. The summed E-state index contributed by atoms with van der Waals surface area (Å²) in [7, 11) is 3.87. The quantitative estimate of drug-likeness (QED) is 0.773. The van der Waals surface area contributed by atoms with Crippen molar-refractivity contribution in [3.05, 3.63) is 59.4 Å². The molecule has 0 unspecified atom stereocenters. The molecule has 0 aliphatic carbocycles. The average Bonchev–Trinajstić information content (AvgIpc) is 2.65. The average molecular weight is 385 g/mol. The van der Waals surface area contributed by atoms with Gasteiger partial charge in [-0.25, -0.2) is 4.39 Å². The van der Waals surface area contributed by atoms with Gasteiger partial charge in [-0.15, -0.1) is 0 Å². The van der Waals surface area contributed by atoms with Gasteiger partial charge in [-0.1, -0.05) is 13.0 Å². The number of benzene rings is 2. The zero-order valence-corrected chi connectivity index (χ0v) is 17.1. The van der Waals surface area contributed by atoms with Crippen molar-refractivity contribution in [2.24, 2.45) is 0 Å². The van der Waals surface area contributed by atoms with Crippen LogP contribution < -0.4 is 10.2 Å². The van der Waals surface area contributed by atoms with E-state index in [2.05, 4.69) is 5.32 Å². The van der Waals surface area contributed by atoms with Crippen LogP contribution in [0.5, 0.6) is 0 Å². The third kappa shape index (κ3) is 5.31. The molecule has 2 aromatic rings. The van der Waals surface area contributed by atoms with Crippen LogP contribution in [-0.4, -0.2) is 36.9 Å². The molecule has 0 radical (unpaired) electrons. The predicted molar refractivity (Wildman–Crippen MR) is 111 cm³/mol. The number of amides is 2. The molecule has 0 fully saturated rings. The summed E-state index contributed by atoms with van der Waals surface area (Å²) in [6.07, 6.45) is 0.436. The highest BCUT2D eigenvalue weighted by molar-refractivity contribution is 6.04. The molecule has 0 atom stereocenters. The number of nitrogens with zero attached hydrogens (tertiary/aromatic N) is 2. The van der Waals surface area contributed by atoms with Crippen LogP contribution in [0.1, 0.15) is 43.1 Å². The van der Waals surface area contributed by atoms with Crippen molar-refractivity contribution < 1.29 is 14.0 Å². The van der Waals surface area contributed by atoms with Gasteiger partial charge in [0.15, 0.2) is 0 Å². The Bertz CT molecular complexity index is 849. The lowest BCUT2D eigenvalue weighted by Gasteiger charge is -2.29. The Morgan fingerprint density at radius 3 is 2.39 bits per heavy atom. The zero-order chi connectivity index (χ0) is 20.8. The number of carbonyl (C=O) groups excluding carboxylic acids is 2. The van der Waals surface area contributed by atoms with Crippen molar-refractivity contribution in [1.29, 1.82) is 0 Å². The maximum atomic E-state index is 13.4. The van der Waals surface area contributed by atoms with Gasteiger partial charge in [-0.2, -0.15) is 0 Å². The van der Waals surface area contributed by atoms with Crippen LogP contribution in [0.25, 0.3) is 0 Å². The first kappa shape index (κ1) is 21.4. The van der Waals surface area contributed by atoms with Crippen molar-refractivity contribution in [3.63, 3.8) is 0 Å². The topological polar surface area (TPSA) is 52.7 Å². The van der Waals surface area contributed by atoms with Crippen molar-refractivity contribution in [2.45, 2.75) is 39.8 Å². The molecule has 0 aliphatic rings. The molecule has 6 heteroatoms. The van der Waals surface area contributed by atoms with Crippen LogP contribution in [0.3, 0.4) is 0 Å². The van der Waals surface area contributed by atoms with Gasteiger partial charge in [-0.3, -0.25) is 9.59 Å². The summed E-state index contributed by atoms with van der Waals surface area (Å²) < 4.78 is 13.4. The number of rotatable bonds is 7. The van der Waals surface area contributed by atoms with Gasteiger partial charge in [0.25, 0.3) is 5.91 Å². The second-order valence-electron chi connectivity index (χ2n) is 7.17. The fraction of sp³-hybridized carbons (Fsp3) is 0.364. The molecule has 0 saturated heterocycles. The van der Waals surface area contributed by atoms with Crippen LogP contribution in [0, 0.1) is 5.82 Å². The van der Waals surface area contributed by atoms with E-state index in [0.717, 1.165) is 11.3 Å². The number of carbonyl (C=O) groups is 2. The first-order chi connectivity index (χ1) is 13.2. The zero-order valence-electron chi connectivity index (χ0n) is 17.1. The molecule has 0 spiro atoms. The fourth-order valence-electron chi connectivity index (χ4n) is 3.00. The molecule has 0 aromatic heterocycles. The Kier molecular flexibility index (Phi) is 7.15. The number of anilines is 2. The van der Waals surface area contributed by atoms with E-state index in [0.29, 0.717) is 18.7 Å². The van der Waals surface area contributed by atoms with Gasteiger partial charge in [0.05, 0.1) is 0 Å². The van der Waals surface area contributed by atoms with Crippen LogP contribution in [-0.2, 0) is 11.3 Å². The molecule has 0 saturated carbocycles. The van der Waals surface area contributed by atoms with Crippen molar-refractivity contribution in [3.8, 4) is 0 Å². The smallest absolute Gasteiger partial charge is 0.255 e. The normalized spacial score (nSPS) is 10.7. The molecule has 0 aliphatic heterocycles. The van der Waals surface area contributed by atoms with Crippen molar-refractivity contribution in [2.75, 3.05) is 24.3 Å². The van der Waals surface area contributed by atoms with Crippen LogP contribution in [0.4, 0.5) is 15.8 Å². The highest BCUT2D eigenvalue weighted by Gasteiger charge is 2.18. The van der Waals surface area contributed by atoms with E-state index in [4.69, 9.17) is 0 Å². The van der Waals surface area contributed by atoms with E-state index >= 15 is 0 Å². The Hall–Kier alpha value is -2.89. The lowest BCUT2D eigenvalue weighted by Crippen LogP contribution is -2.36. The summed E-state index contributed by atoms with van der Waals surface area (Å²) >= 11 is 0. The third-order valence-electron chi connectivity index (χ3n) is 4.49. The maximum Gasteiger partial charge on any atom is 0.255 e. The number of nitrogens with one attached hydrogen (secondary N) is 1. The molecule has 0 bridgehead atoms. The minimum Gasteiger partial charge on any atom is -0.377 e.